The second-order valence-electron chi connectivity index (χ2n) is 5.58. The smallest absolute Gasteiger partial charge is 0.0703 e. The molecule has 0 spiro atoms. The largest absolute Gasteiger partial charge is 0.380 e. The van der Waals surface area contributed by atoms with Crippen LogP contribution in [0.1, 0.15) is 11.1 Å². The lowest BCUT2D eigenvalue weighted by molar-refractivity contribution is 0.774. The van der Waals surface area contributed by atoms with Crippen LogP contribution in [-0.2, 0) is 12.8 Å². The molecule has 1 unspecified atom stereocenters. The van der Waals surface area contributed by atoms with E-state index in [1.54, 1.807) is 0 Å². The van der Waals surface area contributed by atoms with Gasteiger partial charge in [0, 0.05) is 16.5 Å². The fourth-order valence-electron chi connectivity index (χ4n) is 3.07. The summed E-state index contributed by atoms with van der Waals surface area (Å²) in [7, 11) is 0. The number of nitrogens with one attached hydrogen (secondary N) is 1. The molecule has 1 atom stereocenters. The van der Waals surface area contributed by atoms with Gasteiger partial charge < -0.3 is 5.32 Å². The predicted octanol–water partition coefficient (Wildman–Crippen LogP) is 4.47. The Bertz CT molecular complexity index is 813. The van der Waals surface area contributed by atoms with Crippen LogP contribution in [0.25, 0.3) is 10.9 Å². The molecule has 0 saturated carbocycles. The van der Waals surface area contributed by atoms with Crippen LogP contribution in [0.5, 0.6) is 0 Å². The van der Waals surface area contributed by atoms with Gasteiger partial charge in [-0.05, 0) is 48.2 Å². The summed E-state index contributed by atoms with van der Waals surface area (Å²) in [5.74, 6) is 0. The summed E-state index contributed by atoms with van der Waals surface area (Å²) in [6.45, 7) is 0. The second kappa shape index (κ2) is 5.05. The summed E-state index contributed by atoms with van der Waals surface area (Å²) in [4.78, 5) is 4.50. The number of anilines is 1. The molecule has 1 aliphatic rings. The fourth-order valence-corrected chi connectivity index (χ4v) is 3.27. The monoisotopic (exact) mass is 294 g/mol. The molecule has 1 N–H and O–H groups in total. The lowest BCUT2D eigenvalue weighted by Gasteiger charge is -2.13. The maximum Gasteiger partial charge on any atom is 0.0703 e. The molecule has 0 aliphatic heterocycles. The average Bonchev–Trinajstić information content (AvgIpc) is 2.88. The van der Waals surface area contributed by atoms with Gasteiger partial charge in [-0.15, -0.1) is 0 Å². The average molecular weight is 295 g/mol. The number of rotatable bonds is 2. The van der Waals surface area contributed by atoms with E-state index in [2.05, 4.69) is 34.6 Å². The minimum atomic E-state index is 0.418. The molecule has 104 valence electrons. The molecule has 4 rings (SSSR count). The molecular formula is C18H15ClN2. The molecule has 1 aliphatic carbocycles. The van der Waals surface area contributed by atoms with Crippen molar-refractivity contribution < 1.29 is 0 Å². The van der Waals surface area contributed by atoms with Gasteiger partial charge in [0.15, 0.2) is 0 Å². The van der Waals surface area contributed by atoms with Gasteiger partial charge in [-0.3, -0.25) is 4.98 Å². The molecule has 3 heteroatoms. The third-order valence-electron chi connectivity index (χ3n) is 4.06. The van der Waals surface area contributed by atoms with Crippen molar-refractivity contribution in [2.24, 2.45) is 0 Å². The van der Waals surface area contributed by atoms with Crippen LogP contribution in [0.2, 0.25) is 5.02 Å². The first kappa shape index (κ1) is 12.7. The summed E-state index contributed by atoms with van der Waals surface area (Å²) >= 11 is 6.07. The molecule has 2 nitrogen and oxygen atoms in total. The summed E-state index contributed by atoms with van der Waals surface area (Å²) < 4.78 is 0. The van der Waals surface area contributed by atoms with Crippen LogP contribution in [-0.4, -0.2) is 11.0 Å². The third-order valence-corrected chi connectivity index (χ3v) is 4.30. The summed E-state index contributed by atoms with van der Waals surface area (Å²) in [6, 6.07) is 17.0. The van der Waals surface area contributed by atoms with Gasteiger partial charge in [-0.1, -0.05) is 35.9 Å². The Kier molecular flexibility index (Phi) is 3.04. The molecule has 0 bridgehead atoms. The first-order chi connectivity index (χ1) is 10.3. The number of hydrogen-bond donors (Lipinski definition) is 1. The first-order valence-corrected chi connectivity index (χ1v) is 7.54. The van der Waals surface area contributed by atoms with Crippen molar-refractivity contribution in [2.75, 3.05) is 5.32 Å². The van der Waals surface area contributed by atoms with Crippen molar-refractivity contribution in [3.05, 3.63) is 70.9 Å². The van der Waals surface area contributed by atoms with Crippen molar-refractivity contribution in [3.63, 3.8) is 0 Å². The summed E-state index contributed by atoms with van der Waals surface area (Å²) in [5, 5.41) is 5.58. The summed E-state index contributed by atoms with van der Waals surface area (Å²) in [5.41, 5.74) is 4.86. The van der Waals surface area contributed by atoms with Crippen molar-refractivity contribution in [3.8, 4) is 0 Å². The Morgan fingerprint density at radius 1 is 1.00 bits per heavy atom. The quantitative estimate of drug-likeness (QED) is 0.754. The highest BCUT2D eigenvalue weighted by molar-refractivity contribution is 6.30. The van der Waals surface area contributed by atoms with E-state index in [1.165, 1.54) is 16.5 Å². The molecule has 0 radical (unpaired) electrons. The number of hydrogen-bond acceptors (Lipinski definition) is 2. The van der Waals surface area contributed by atoms with Crippen molar-refractivity contribution in [2.45, 2.75) is 18.9 Å². The number of aromatic nitrogens is 1. The molecule has 3 aromatic rings. The Morgan fingerprint density at radius 3 is 2.81 bits per heavy atom. The van der Waals surface area contributed by atoms with Gasteiger partial charge in [0.25, 0.3) is 0 Å². The zero-order valence-corrected chi connectivity index (χ0v) is 12.3. The Morgan fingerprint density at radius 2 is 1.86 bits per heavy atom. The van der Waals surface area contributed by atoms with Gasteiger partial charge in [0.05, 0.1) is 17.4 Å². The number of halogens is 1. The van der Waals surface area contributed by atoms with Crippen LogP contribution in [0.3, 0.4) is 0 Å². The highest BCUT2D eigenvalue weighted by Gasteiger charge is 2.21. The minimum absolute atomic E-state index is 0.418. The standard InChI is InChI=1S/C18H15ClN2/c19-15-6-5-12-8-16(10-14(12)7-15)21-17-9-13-3-1-2-4-18(13)20-11-17/h1-7,9,11,16,21H,8,10H2. The van der Waals surface area contributed by atoms with E-state index >= 15 is 0 Å². The van der Waals surface area contributed by atoms with E-state index < -0.39 is 0 Å². The number of fused-ring (bicyclic) bond motifs is 2. The van der Waals surface area contributed by atoms with Crippen molar-refractivity contribution >= 4 is 28.2 Å². The lowest BCUT2D eigenvalue weighted by atomic mass is 10.1. The molecule has 0 fully saturated rings. The molecule has 2 aromatic carbocycles. The third kappa shape index (κ3) is 2.47. The fraction of sp³-hybridized carbons (Fsp3) is 0.167. The Labute approximate surface area is 128 Å². The Hall–Kier alpha value is -2.06. The van der Waals surface area contributed by atoms with Crippen LogP contribution in [0.15, 0.2) is 54.7 Å². The molecular weight excluding hydrogens is 280 g/mol. The number of pyridine rings is 1. The van der Waals surface area contributed by atoms with Crippen molar-refractivity contribution in [1.29, 1.82) is 0 Å². The van der Waals surface area contributed by atoms with Crippen LogP contribution < -0.4 is 5.32 Å². The van der Waals surface area contributed by atoms with Gasteiger partial charge in [0.1, 0.15) is 0 Å². The van der Waals surface area contributed by atoms with Gasteiger partial charge in [0.2, 0.25) is 0 Å². The zero-order valence-electron chi connectivity index (χ0n) is 11.5. The number of benzene rings is 2. The van der Waals surface area contributed by atoms with Crippen molar-refractivity contribution in [1.82, 2.24) is 4.98 Å². The maximum atomic E-state index is 6.07. The normalized spacial score (nSPS) is 16.9. The minimum Gasteiger partial charge on any atom is -0.380 e. The first-order valence-electron chi connectivity index (χ1n) is 7.16. The molecule has 1 aromatic heterocycles. The van der Waals surface area contributed by atoms with Gasteiger partial charge in [-0.25, -0.2) is 0 Å². The van der Waals surface area contributed by atoms with E-state index in [-0.39, 0.29) is 0 Å². The van der Waals surface area contributed by atoms with E-state index in [0.29, 0.717) is 6.04 Å². The topological polar surface area (TPSA) is 24.9 Å². The highest BCUT2D eigenvalue weighted by atomic mass is 35.5. The SMILES string of the molecule is Clc1ccc2c(c1)CC(Nc1cnc3ccccc3c1)C2. The molecule has 0 amide bonds. The zero-order chi connectivity index (χ0) is 14.2. The molecule has 21 heavy (non-hydrogen) atoms. The maximum absolute atomic E-state index is 6.07. The van der Waals surface area contributed by atoms with Crippen LogP contribution in [0, 0.1) is 0 Å². The van der Waals surface area contributed by atoms with Gasteiger partial charge >= 0.3 is 0 Å². The van der Waals surface area contributed by atoms with E-state index in [9.17, 15) is 0 Å². The van der Waals surface area contributed by atoms with Crippen LogP contribution in [0.4, 0.5) is 5.69 Å². The van der Waals surface area contributed by atoms with Gasteiger partial charge in [-0.2, -0.15) is 0 Å². The molecule has 0 saturated heterocycles. The van der Waals surface area contributed by atoms with E-state index in [0.717, 1.165) is 29.1 Å². The predicted molar refractivity (Wildman–Crippen MR) is 88.0 cm³/mol. The van der Waals surface area contributed by atoms with E-state index in [1.807, 2.05) is 30.5 Å². The van der Waals surface area contributed by atoms with E-state index in [4.69, 9.17) is 11.6 Å². The second-order valence-corrected chi connectivity index (χ2v) is 6.02. The Balaban J connectivity index is 1.56. The van der Waals surface area contributed by atoms with Crippen LogP contribution >= 0.6 is 11.6 Å². The number of nitrogens with zero attached hydrogens (tertiary/aromatic N) is 1. The highest BCUT2D eigenvalue weighted by Crippen LogP contribution is 2.27. The lowest BCUT2D eigenvalue weighted by Crippen LogP contribution is -2.19. The number of para-hydroxylation sites is 1. The summed E-state index contributed by atoms with van der Waals surface area (Å²) in [6.07, 6.45) is 3.97. The molecule has 1 heterocycles.